The standard InChI is InChI=1S/C16H15F3N4O2/c17-16(18,19)25-13-6-2-1-5-12(13)14(24)22-11-9-20-15(21-10-11)23-7-3-4-8-23/h1-2,5-6,9-10H,3-4,7-8H2,(H,22,24). The molecular formula is C16H15F3N4O2. The number of carbonyl (C=O) groups is 1. The quantitative estimate of drug-likeness (QED) is 0.915. The summed E-state index contributed by atoms with van der Waals surface area (Å²) in [6, 6.07) is 5.13. The number of hydrogen-bond donors (Lipinski definition) is 1. The highest BCUT2D eigenvalue weighted by Crippen LogP contribution is 2.27. The van der Waals surface area contributed by atoms with Gasteiger partial charge in [0.05, 0.1) is 23.6 Å². The number of carbonyl (C=O) groups excluding carboxylic acids is 1. The number of nitrogens with one attached hydrogen (secondary N) is 1. The van der Waals surface area contributed by atoms with E-state index in [0.717, 1.165) is 32.0 Å². The van der Waals surface area contributed by atoms with Gasteiger partial charge in [0.25, 0.3) is 5.91 Å². The number of hydrogen-bond acceptors (Lipinski definition) is 5. The third-order valence-electron chi connectivity index (χ3n) is 3.64. The minimum Gasteiger partial charge on any atom is -0.405 e. The summed E-state index contributed by atoms with van der Waals surface area (Å²) < 4.78 is 41.2. The van der Waals surface area contributed by atoms with Gasteiger partial charge >= 0.3 is 6.36 Å². The zero-order valence-corrected chi connectivity index (χ0v) is 13.1. The average Bonchev–Trinajstić information content (AvgIpc) is 3.09. The molecule has 0 unspecified atom stereocenters. The molecule has 1 aliphatic heterocycles. The van der Waals surface area contributed by atoms with Crippen LogP contribution in [0.1, 0.15) is 23.2 Å². The topological polar surface area (TPSA) is 67.4 Å². The van der Waals surface area contributed by atoms with E-state index in [1.54, 1.807) is 0 Å². The molecular weight excluding hydrogens is 337 g/mol. The molecule has 1 amide bonds. The van der Waals surface area contributed by atoms with Crippen molar-refractivity contribution >= 4 is 17.5 Å². The largest absolute Gasteiger partial charge is 0.573 e. The Morgan fingerprint density at radius 2 is 1.76 bits per heavy atom. The van der Waals surface area contributed by atoms with Crippen molar-refractivity contribution in [3.8, 4) is 5.75 Å². The van der Waals surface area contributed by atoms with Crippen LogP contribution < -0.4 is 15.0 Å². The molecule has 0 radical (unpaired) electrons. The number of rotatable bonds is 4. The Bertz CT molecular complexity index is 744. The molecule has 132 valence electrons. The molecule has 1 saturated heterocycles. The molecule has 0 atom stereocenters. The Morgan fingerprint density at radius 3 is 2.40 bits per heavy atom. The van der Waals surface area contributed by atoms with E-state index < -0.39 is 18.0 Å². The van der Waals surface area contributed by atoms with Gasteiger partial charge in [0.2, 0.25) is 5.95 Å². The van der Waals surface area contributed by atoms with Gasteiger partial charge in [0, 0.05) is 13.1 Å². The molecule has 2 aromatic rings. The van der Waals surface area contributed by atoms with E-state index in [-0.39, 0.29) is 11.3 Å². The lowest BCUT2D eigenvalue weighted by molar-refractivity contribution is -0.274. The van der Waals surface area contributed by atoms with Crippen LogP contribution >= 0.6 is 0 Å². The first-order valence-electron chi connectivity index (χ1n) is 7.65. The van der Waals surface area contributed by atoms with Crippen LogP contribution in [0.2, 0.25) is 0 Å². The summed E-state index contributed by atoms with van der Waals surface area (Å²) in [6.07, 6.45) is 0.129. The number of aromatic nitrogens is 2. The zero-order chi connectivity index (χ0) is 17.9. The first kappa shape index (κ1) is 17.0. The maximum absolute atomic E-state index is 12.4. The van der Waals surface area contributed by atoms with Crippen molar-refractivity contribution in [2.24, 2.45) is 0 Å². The van der Waals surface area contributed by atoms with Crippen molar-refractivity contribution in [3.05, 3.63) is 42.2 Å². The fourth-order valence-electron chi connectivity index (χ4n) is 2.53. The van der Waals surface area contributed by atoms with Crippen molar-refractivity contribution < 1.29 is 22.7 Å². The maximum Gasteiger partial charge on any atom is 0.573 e. The third kappa shape index (κ3) is 4.37. The summed E-state index contributed by atoms with van der Waals surface area (Å²) in [4.78, 5) is 22.6. The van der Waals surface area contributed by atoms with E-state index in [9.17, 15) is 18.0 Å². The van der Waals surface area contributed by atoms with E-state index in [1.807, 2.05) is 4.90 Å². The van der Waals surface area contributed by atoms with Gasteiger partial charge in [-0.2, -0.15) is 0 Å². The Hall–Kier alpha value is -2.84. The van der Waals surface area contributed by atoms with Crippen LogP contribution in [0.3, 0.4) is 0 Å². The highest BCUT2D eigenvalue weighted by atomic mass is 19.4. The number of nitrogens with zero attached hydrogens (tertiary/aromatic N) is 3. The third-order valence-corrected chi connectivity index (χ3v) is 3.64. The van der Waals surface area contributed by atoms with Crippen LogP contribution in [-0.4, -0.2) is 35.3 Å². The number of ether oxygens (including phenoxy) is 1. The molecule has 3 rings (SSSR count). The fourth-order valence-corrected chi connectivity index (χ4v) is 2.53. The smallest absolute Gasteiger partial charge is 0.405 e. The van der Waals surface area contributed by atoms with Crippen molar-refractivity contribution in [1.29, 1.82) is 0 Å². The number of benzene rings is 1. The van der Waals surface area contributed by atoms with Crippen LogP contribution in [0.15, 0.2) is 36.7 Å². The van der Waals surface area contributed by atoms with Crippen LogP contribution in [0.4, 0.5) is 24.8 Å². The Kier molecular flexibility index (Phi) is 4.73. The molecule has 0 saturated carbocycles. The second kappa shape index (κ2) is 6.96. The van der Waals surface area contributed by atoms with Crippen molar-refractivity contribution in [1.82, 2.24) is 9.97 Å². The number of alkyl halides is 3. The summed E-state index contributed by atoms with van der Waals surface area (Å²) in [5, 5.41) is 2.47. The molecule has 1 aliphatic rings. The average molecular weight is 352 g/mol. The van der Waals surface area contributed by atoms with Crippen LogP contribution in [0.25, 0.3) is 0 Å². The number of anilines is 2. The highest BCUT2D eigenvalue weighted by molar-refractivity contribution is 6.06. The first-order chi connectivity index (χ1) is 11.9. The maximum atomic E-state index is 12.4. The minimum atomic E-state index is -4.88. The lowest BCUT2D eigenvalue weighted by Crippen LogP contribution is -2.22. The summed E-state index contributed by atoms with van der Waals surface area (Å²) >= 11 is 0. The highest BCUT2D eigenvalue weighted by Gasteiger charge is 2.32. The van der Waals surface area contributed by atoms with Crippen molar-refractivity contribution in [2.45, 2.75) is 19.2 Å². The van der Waals surface area contributed by atoms with Crippen LogP contribution in [0, 0.1) is 0 Å². The van der Waals surface area contributed by atoms with Crippen LogP contribution in [-0.2, 0) is 0 Å². The van der Waals surface area contributed by atoms with Crippen molar-refractivity contribution in [2.75, 3.05) is 23.3 Å². The molecule has 0 spiro atoms. The minimum absolute atomic E-state index is 0.233. The SMILES string of the molecule is O=C(Nc1cnc(N2CCCC2)nc1)c1ccccc1OC(F)(F)F. The molecule has 0 aliphatic carbocycles. The van der Waals surface area contributed by atoms with Crippen LogP contribution in [0.5, 0.6) is 5.75 Å². The zero-order valence-electron chi connectivity index (χ0n) is 13.1. The fraction of sp³-hybridized carbons (Fsp3) is 0.312. The van der Waals surface area contributed by atoms with Gasteiger partial charge in [-0.3, -0.25) is 4.79 Å². The van der Waals surface area contributed by atoms with Gasteiger partial charge < -0.3 is 15.0 Å². The summed E-state index contributed by atoms with van der Waals surface area (Å²) in [6.45, 7) is 1.77. The Labute approximate surface area is 141 Å². The van der Waals surface area contributed by atoms with Gasteiger partial charge in [-0.25, -0.2) is 9.97 Å². The van der Waals surface area contributed by atoms with E-state index in [4.69, 9.17) is 0 Å². The van der Waals surface area contributed by atoms with E-state index in [0.29, 0.717) is 5.95 Å². The molecule has 1 fully saturated rings. The predicted octanol–water partition coefficient (Wildman–Crippen LogP) is 3.23. The monoisotopic (exact) mass is 352 g/mol. The summed E-state index contributed by atoms with van der Waals surface area (Å²) in [7, 11) is 0. The Balaban J connectivity index is 1.72. The van der Waals surface area contributed by atoms with Gasteiger partial charge in [0.1, 0.15) is 5.75 Å². The predicted molar refractivity (Wildman–Crippen MR) is 84.6 cm³/mol. The molecule has 2 heterocycles. The molecule has 9 heteroatoms. The van der Waals surface area contributed by atoms with Gasteiger partial charge in [0.15, 0.2) is 0 Å². The molecule has 25 heavy (non-hydrogen) atoms. The van der Waals surface area contributed by atoms with E-state index in [2.05, 4.69) is 20.0 Å². The molecule has 6 nitrogen and oxygen atoms in total. The normalized spacial score (nSPS) is 14.4. The molecule has 0 bridgehead atoms. The lowest BCUT2D eigenvalue weighted by Gasteiger charge is -2.15. The summed E-state index contributed by atoms with van der Waals surface area (Å²) in [5.41, 5.74) is 0.0539. The number of amides is 1. The second-order valence-electron chi connectivity index (χ2n) is 5.46. The number of halogens is 3. The lowest BCUT2D eigenvalue weighted by atomic mass is 10.2. The molecule has 1 aromatic carbocycles. The summed E-state index contributed by atoms with van der Waals surface area (Å²) in [5.74, 6) is -0.740. The second-order valence-corrected chi connectivity index (χ2v) is 5.46. The van der Waals surface area contributed by atoms with Crippen molar-refractivity contribution in [3.63, 3.8) is 0 Å². The van der Waals surface area contributed by atoms with Gasteiger partial charge in [-0.1, -0.05) is 12.1 Å². The number of para-hydroxylation sites is 1. The van der Waals surface area contributed by atoms with Gasteiger partial charge in [-0.15, -0.1) is 13.2 Å². The Morgan fingerprint density at radius 1 is 1.12 bits per heavy atom. The first-order valence-corrected chi connectivity index (χ1v) is 7.65. The molecule has 1 N–H and O–H groups in total. The van der Waals surface area contributed by atoms with E-state index >= 15 is 0 Å². The van der Waals surface area contributed by atoms with Gasteiger partial charge in [-0.05, 0) is 25.0 Å². The molecule has 1 aromatic heterocycles. The van der Waals surface area contributed by atoms with E-state index in [1.165, 1.54) is 30.6 Å².